The van der Waals surface area contributed by atoms with Crippen LogP contribution in [0.3, 0.4) is 0 Å². The molecule has 3 heterocycles. The van der Waals surface area contributed by atoms with Crippen LogP contribution in [0, 0.1) is 11.8 Å². The van der Waals surface area contributed by atoms with Crippen LogP contribution in [0.5, 0.6) is 0 Å². The number of halogens is 3. The number of fused-ring (bicyclic) bond motifs is 4. The van der Waals surface area contributed by atoms with Crippen molar-refractivity contribution in [3.8, 4) is 0 Å². The predicted octanol–water partition coefficient (Wildman–Crippen LogP) is 4.38. The van der Waals surface area contributed by atoms with E-state index in [2.05, 4.69) is 15.3 Å². The van der Waals surface area contributed by atoms with Gasteiger partial charge in [0.15, 0.2) is 6.30 Å². The van der Waals surface area contributed by atoms with Crippen molar-refractivity contribution in [1.82, 2.24) is 14.9 Å². The van der Waals surface area contributed by atoms with Crippen LogP contribution in [-0.2, 0) is 5.54 Å². The second-order valence-corrected chi connectivity index (χ2v) is 7.12. The van der Waals surface area contributed by atoms with Gasteiger partial charge in [0.05, 0.1) is 5.69 Å². The molecule has 5 rings (SSSR count). The van der Waals surface area contributed by atoms with Crippen molar-refractivity contribution in [2.24, 2.45) is 4.99 Å². The Morgan fingerprint density at radius 3 is 2.45 bits per heavy atom. The molecule has 1 N–H and O–H groups in total. The van der Waals surface area contributed by atoms with Crippen LogP contribution in [0.1, 0.15) is 55.5 Å². The van der Waals surface area contributed by atoms with Gasteiger partial charge < -0.3 is 5.32 Å². The largest absolute Gasteiger partial charge is 0.354 e. The van der Waals surface area contributed by atoms with Crippen LogP contribution in [0.4, 0.5) is 13.2 Å². The van der Waals surface area contributed by atoms with E-state index < -0.39 is 29.4 Å². The molecular formula is C23H21F3N4O. The van der Waals surface area contributed by atoms with Gasteiger partial charge in [-0.15, -0.1) is 0 Å². The Balaban J connectivity index is 0.00000112. The smallest absolute Gasteiger partial charge is 0.252 e. The van der Waals surface area contributed by atoms with Gasteiger partial charge in [0, 0.05) is 23.4 Å². The first kappa shape index (κ1) is 20.8. The van der Waals surface area contributed by atoms with E-state index in [1.54, 1.807) is 24.3 Å². The number of hydrogen-bond acceptors (Lipinski definition) is 4. The monoisotopic (exact) mass is 426 g/mol. The summed E-state index contributed by atoms with van der Waals surface area (Å²) in [6, 6.07) is 11.2. The molecule has 0 bridgehead atoms. The summed E-state index contributed by atoms with van der Waals surface area (Å²) in [5.41, 5.74) is 1.18. The van der Waals surface area contributed by atoms with Gasteiger partial charge in [0.1, 0.15) is 23.2 Å². The third-order valence-electron chi connectivity index (χ3n) is 5.45. The zero-order valence-electron chi connectivity index (χ0n) is 17.2. The second kappa shape index (κ2) is 7.68. The average molecular weight is 426 g/mol. The molecule has 2 aliphatic rings. The van der Waals surface area contributed by atoms with E-state index in [0.29, 0.717) is 17.1 Å². The molecular weight excluding hydrogens is 405 g/mol. The van der Waals surface area contributed by atoms with E-state index in [0.717, 1.165) is 15.7 Å². The molecule has 0 saturated carbocycles. The lowest BCUT2D eigenvalue weighted by molar-refractivity contribution is 0.261. The van der Waals surface area contributed by atoms with E-state index in [1.807, 2.05) is 13.8 Å². The zero-order valence-corrected chi connectivity index (χ0v) is 17.2. The van der Waals surface area contributed by atoms with Gasteiger partial charge in [-0.25, -0.2) is 13.8 Å². The van der Waals surface area contributed by atoms with Crippen molar-refractivity contribution < 1.29 is 13.2 Å². The van der Waals surface area contributed by atoms with Crippen molar-refractivity contribution in [3.05, 3.63) is 99.2 Å². The quantitative estimate of drug-likeness (QED) is 0.633. The second-order valence-electron chi connectivity index (χ2n) is 7.12. The van der Waals surface area contributed by atoms with Crippen LogP contribution in [0.2, 0.25) is 0 Å². The SMILES string of the molecule is CC.CC(F)n1cc(C2=N[C@H]3c4nc(F)ccc4C3(c3ccc(F)cc3)N2)ccc1=O. The minimum Gasteiger partial charge on any atom is -0.354 e. The standard InChI is InChI=1S/C21H15F3N4O.C2H6/c1-11(22)28-10-12(2-9-17(28)29)20-26-19-18-15(7-8-16(24)25-18)21(19,27-20)13-3-5-14(23)6-4-13;1-2/h2-11,19H,1H3,(H,26,27);1-2H3/t11?,19-,21?;/m0./s1. The molecule has 1 aromatic carbocycles. The number of alkyl halides is 1. The van der Waals surface area contributed by atoms with Gasteiger partial charge in [-0.3, -0.25) is 14.4 Å². The van der Waals surface area contributed by atoms with E-state index >= 15 is 0 Å². The molecule has 2 unspecified atom stereocenters. The summed E-state index contributed by atoms with van der Waals surface area (Å²) >= 11 is 0. The van der Waals surface area contributed by atoms with E-state index in [1.165, 1.54) is 37.4 Å². The molecule has 1 aliphatic carbocycles. The minimum atomic E-state index is -1.50. The summed E-state index contributed by atoms with van der Waals surface area (Å²) in [7, 11) is 0. The molecule has 160 valence electrons. The normalized spacial score (nSPS) is 21.5. The Bertz CT molecular complexity index is 1220. The fourth-order valence-corrected chi connectivity index (χ4v) is 4.08. The Morgan fingerprint density at radius 1 is 1.06 bits per heavy atom. The van der Waals surface area contributed by atoms with Gasteiger partial charge in [-0.05, 0) is 42.8 Å². The first-order chi connectivity index (χ1) is 14.9. The van der Waals surface area contributed by atoms with Crippen molar-refractivity contribution in [2.45, 2.75) is 38.6 Å². The average Bonchev–Trinajstić information content (AvgIpc) is 3.11. The highest BCUT2D eigenvalue weighted by molar-refractivity contribution is 6.02. The highest BCUT2D eigenvalue weighted by Crippen LogP contribution is 2.56. The molecule has 0 spiro atoms. The number of nitrogens with one attached hydrogen (secondary N) is 1. The van der Waals surface area contributed by atoms with Crippen LogP contribution in [-0.4, -0.2) is 15.4 Å². The van der Waals surface area contributed by atoms with Crippen molar-refractivity contribution >= 4 is 5.84 Å². The Kier molecular flexibility index (Phi) is 5.16. The molecule has 0 amide bonds. The maximum absolute atomic E-state index is 13.8. The lowest BCUT2D eigenvalue weighted by atomic mass is 9.66. The van der Waals surface area contributed by atoms with Crippen LogP contribution >= 0.6 is 0 Å². The number of nitrogens with zero attached hydrogens (tertiary/aromatic N) is 3. The summed E-state index contributed by atoms with van der Waals surface area (Å²) in [5, 5.41) is 3.34. The first-order valence-corrected chi connectivity index (χ1v) is 10.1. The topological polar surface area (TPSA) is 59.3 Å². The molecule has 2 aromatic heterocycles. The lowest BCUT2D eigenvalue weighted by Gasteiger charge is -2.45. The third kappa shape index (κ3) is 3.13. The Labute approximate surface area is 177 Å². The van der Waals surface area contributed by atoms with E-state index in [-0.39, 0.29) is 5.82 Å². The summed E-state index contributed by atoms with van der Waals surface area (Å²) in [5.74, 6) is -0.561. The molecule has 3 aromatic rings. The summed E-state index contributed by atoms with van der Waals surface area (Å²) in [6.07, 6.45) is -0.110. The third-order valence-corrected chi connectivity index (χ3v) is 5.45. The molecule has 8 heteroatoms. The summed E-state index contributed by atoms with van der Waals surface area (Å²) < 4.78 is 41.9. The van der Waals surface area contributed by atoms with E-state index in [9.17, 15) is 18.0 Å². The van der Waals surface area contributed by atoms with Crippen molar-refractivity contribution in [1.29, 1.82) is 0 Å². The molecule has 0 fully saturated rings. The summed E-state index contributed by atoms with van der Waals surface area (Å²) in [4.78, 5) is 20.5. The number of hydrogen-bond donors (Lipinski definition) is 1. The van der Waals surface area contributed by atoms with Gasteiger partial charge in [-0.1, -0.05) is 26.0 Å². The molecule has 0 saturated heterocycles. The van der Waals surface area contributed by atoms with Gasteiger partial charge >= 0.3 is 0 Å². The predicted molar refractivity (Wildman–Crippen MR) is 112 cm³/mol. The number of pyridine rings is 2. The maximum atomic E-state index is 13.8. The van der Waals surface area contributed by atoms with Gasteiger partial charge in [-0.2, -0.15) is 4.39 Å². The van der Waals surface area contributed by atoms with Crippen molar-refractivity contribution in [2.75, 3.05) is 0 Å². The number of aliphatic imine (C=N–C) groups is 1. The lowest BCUT2D eigenvalue weighted by Crippen LogP contribution is -2.52. The Hall–Kier alpha value is -3.42. The van der Waals surface area contributed by atoms with Crippen LogP contribution in [0.25, 0.3) is 0 Å². The fourth-order valence-electron chi connectivity index (χ4n) is 4.08. The highest BCUT2D eigenvalue weighted by Gasteiger charge is 2.58. The number of amidine groups is 1. The number of aromatic nitrogens is 2. The van der Waals surface area contributed by atoms with Gasteiger partial charge in [0.25, 0.3) is 5.56 Å². The van der Waals surface area contributed by atoms with Gasteiger partial charge in [0.2, 0.25) is 5.95 Å². The molecule has 3 atom stereocenters. The highest BCUT2D eigenvalue weighted by atomic mass is 19.1. The zero-order chi connectivity index (χ0) is 22.3. The first-order valence-electron chi connectivity index (χ1n) is 10.1. The van der Waals surface area contributed by atoms with Crippen LogP contribution in [0.15, 0.2) is 64.5 Å². The van der Waals surface area contributed by atoms with Crippen molar-refractivity contribution in [3.63, 3.8) is 0 Å². The van der Waals surface area contributed by atoms with E-state index in [4.69, 9.17) is 0 Å². The van der Waals surface area contributed by atoms with Crippen LogP contribution < -0.4 is 10.9 Å². The molecule has 31 heavy (non-hydrogen) atoms. The Morgan fingerprint density at radius 2 is 1.77 bits per heavy atom. The minimum absolute atomic E-state index is 0.373. The maximum Gasteiger partial charge on any atom is 0.252 e. The summed E-state index contributed by atoms with van der Waals surface area (Å²) in [6.45, 7) is 5.27. The molecule has 1 aliphatic heterocycles. The molecule has 0 radical (unpaired) electrons. The molecule has 5 nitrogen and oxygen atoms in total. The number of rotatable bonds is 3. The number of benzene rings is 1. The fraction of sp³-hybridized carbons (Fsp3) is 0.261.